The van der Waals surface area contributed by atoms with Gasteiger partial charge in [0.2, 0.25) is 0 Å². The maximum atomic E-state index is 2.75. The lowest BCUT2D eigenvalue weighted by Crippen LogP contribution is -2.58. The van der Waals surface area contributed by atoms with Crippen LogP contribution >= 0.6 is 0 Å². The largest absolute Gasteiger partial charge is 0.343 e. The fourth-order valence-electron chi connectivity index (χ4n) is 5.03. The lowest BCUT2D eigenvalue weighted by Gasteiger charge is -2.51. The van der Waals surface area contributed by atoms with E-state index in [1.165, 1.54) is 36.0 Å². The predicted molar refractivity (Wildman–Crippen MR) is 96.9 cm³/mol. The Morgan fingerprint density at radius 3 is 2.65 bits per heavy atom. The number of aromatic nitrogens is 1. The highest BCUT2D eigenvalue weighted by Crippen LogP contribution is 2.42. The first-order valence-electron chi connectivity index (χ1n) is 9.21. The fraction of sp³-hybridized carbons (Fsp3) is 0.600. The van der Waals surface area contributed by atoms with Crippen molar-refractivity contribution in [3.8, 4) is 0 Å². The summed E-state index contributed by atoms with van der Waals surface area (Å²) < 4.78 is 2.61. The number of fused-ring (bicyclic) bond motifs is 5. The van der Waals surface area contributed by atoms with Crippen molar-refractivity contribution in [2.75, 3.05) is 19.6 Å². The van der Waals surface area contributed by atoms with Gasteiger partial charge >= 0.3 is 0 Å². The summed E-state index contributed by atoms with van der Waals surface area (Å²) in [6, 6.07) is 10.8. The van der Waals surface area contributed by atoms with Gasteiger partial charge < -0.3 is 4.57 Å². The van der Waals surface area contributed by atoms with E-state index in [0.717, 1.165) is 13.1 Å². The number of likely N-dealkylation sites (N-methyl/N-ethyl adjacent to an activating group) is 1. The van der Waals surface area contributed by atoms with Gasteiger partial charge in [-0.1, -0.05) is 25.1 Å². The molecule has 0 saturated carbocycles. The van der Waals surface area contributed by atoms with Crippen LogP contribution in [0.5, 0.6) is 0 Å². The lowest BCUT2D eigenvalue weighted by atomic mass is 9.89. The summed E-state index contributed by atoms with van der Waals surface area (Å²) in [5.74, 6) is 0. The van der Waals surface area contributed by atoms with E-state index in [0.29, 0.717) is 18.1 Å². The second kappa shape index (κ2) is 5.64. The maximum Gasteiger partial charge on any atom is 0.0662 e. The predicted octanol–water partition coefficient (Wildman–Crippen LogP) is 3.81. The Bertz CT molecular complexity index is 715. The molecular weight excluding hydrogens is 282 g/mol. The van der Waals surface area contributed by atoms with Crippen LogP contribution in [0.1, 0.15) is 44.5 Å². The third-order valence-corrected chi connectivity index (χ3v) is 6.10. The first-order chi connectivity index (χ1) is 11.1. The summed E-state index contributed by atoms with van der Waals surface area (Å²) in [4.78, 5) is 5.46. The molecule has 1 aromatic heterocycles. The molecule has 1 saturated heterocycles. The summed E-state index contributed by atoms with van der Waals surface area (Å²) in [5, 5.41) is 1.45. The molecule has 2 atom stereocenters. The number of piperazine rings is 1. The van der Waals surface area contributed by atoms with Gasteiger partial charge in [-0.15, -0.1) is 0 Å². The van der Waals surface area contributed by atoms with E-state index in [1.54, 1.807) is 5.69 Å². The van der Waals surface area contributed by atoms with Gasteiger partial charge in [0.05, 0.1) is 6.04 Å². The summed E-state index contributed by atoms with van der Waals surface area (Å²) in [6.45, 7) is 14.1. The third kappa shape index (κ3) is 2.17. The van der Waals surface area contributed by atoms with Gasteiger partial charge in [-0.05, 0) is 45.4 Å². The zero-order valence-electron chi connectivity index (χ0n) is 14.9. The molecule has 0 amide bonds. The molecule has 0 unspecified atom stereocenters. The highest BCUT2D eigenvalue weighted by atomic mass is 15.3. The van der Waals surface area contributed by atoms with Crippen LogP contribution in [-0.2, 0) is 6.54 Å². The molecule has 2 aromatic rings. The monoisotopic (exact) mass is 311 g/mol. The van der Waals surface area contributed by atoms with E-state index in [4.69, 9.17) is 0 Å². The topological polar surface area (TPSA) is 11.4 Å². The average molecular weight is 311 g/mol. The number of rotatable bonds is 2. The smallest absolute Gasteiger partial charge is 0.0662 e. The standard InChI is InChI=1S/C20H29N3/c1-5-21-12-13-22(14(2)3)18-10-11-23-17-9-7-6-8-16(17)15(4)19(23)20(18)21/h6-9,14,18,20H,5,10-13H2,1-4H3/t18-,20+/m1/s1. The Morgan fingerprint density at radius 2 is 1.91 bits per heavy atom. The Morgan fingerprint density at radius 1 is 1.13 bits per heavy atom. The van der Waals surface area contributed by atoms with Gasteiger partial charge in [-0.2, -0.15) is 0 Å². The first-order valence-corrected chi connectivity index (χ1v) is 9.21. The van der Waals surface area contributed by atoms with Crippen molar-refractivity contribution in [2.45, 2.75) is 58.8 Å². The molecule has 4 rings (SSSR count). The van der Waals surface area contributed by atoms with Crippen molar-refractivity contribution in [3.63, 3.8) is 0 Å². The van der Waals surface area contributed by atoms with Gasteiger partial charge in [0, 0.05) is 48.3 Å². The molecule has 3 heteroatoms. The Labute approximate surface area is 139 Å². The van der Waals surface area contributed by atoms with Crippen LogP contribution in [0.3, 0.4) is 0 Å². The minimum Gasteiger partial charge on any atom is -0.343 e. The number of hydrogen-bond donors (Lipinski definition) is 0. The molecular formula is C20H29N3. The summed E-state index contributed by atoms with van der Waals surface area (Å²) in [7, 11) is 0. The van der Waals surface area contributed by atoms with Gasteiger partial charge in [0.1, 0.15) is 0 Å². The van der Waals surface area contributed by atoms with Crippen LogP contribution in [0.4, 0.5) is 0 Å². The molecule has 2 aliphatic rings. The van der Waals surface area contributed by atoms with Crippen molar-refractivity contribution in [1.82, 2.24) is 14.4 Å². The molecule has 0 N–H and O–H groups in total. The van der Waals surface area contributed by atoms with Crippen LogP contribution in [0.15, 0.2) is 24.3 Å². The zero-order chi connectivity index (χ0) is 16.1. The van der Waals surface area contributed by atoms with Crippen molar-refractivity contribution in [1.29, 1.82) is 0 Å². The van der Waals surface area contributed by atoms with Crippen molar-refractivity contribution < 1.29 is 0 Å². The van der Waals surface area contributed by atoms with Crippen LogP contribution in [0, 0.1) is 6.92 Å². The van der Waals surface area contributed by atoms with Gasteiger partial charge in [0.15, 0.2) is 0 Å². The molecule has 124 valence electrons. The van der Waals surface area contributed by atoms with Crippen LogP contribution in [-0.4, -0.2) is 46.1 Å². The second-order valence-corrected chi connectivity index (χ2v) is 7.44. The second-order valence-electron chi connectivity index (χ2n) is 7.44. The molecule has 0 aliphatic carbocycles. The van der Waals surface area contributed by atoms with Crippen LogP contribution in [0.2, 0.25) is 0 Å². The molecule has 0 bridgehead atoms. The highest BCUT2D eigenvalue weighted by molar-refractivity contribution is 5.85. The van der Waals surface area contributed by atoms with E-state index >= 15 is 0 Å². The highest BCUT2D eigenvalue weighted by Gasteiger charge is 2.42. The first kappa shape index (κ1) is 15.2. The number of para-hydroxylation sites is 1. The molecule has 3 heterocycles. The van der Waals surface area contributed by atoms with Crippen LogP contribution < -0.4 is 0 Å². The number of aryl methyl sites for hydroxylation is 2. The lowest BCUT2D eigenvalue weighted by molar-refractivity contribution is -0.0151. The SMILES string of the molecule is CCN1CCN(C(C)C)[C@@H]2CCn3c(c(C)c4ccccc43)[C@H]21. The Kier molecular flexibility index (Phi) is 3.73. The molecule has 1 fully saturated rings. The van der Waals surface area contributed by atoms with E-state index in [-0.39, 0.29) is 0 Å². The zero-order valence-corrected chi connectivity index (χ0v) is 14.9. The summed E-state index contributed by atoms with van der Waals surface area (Å²) >= 11 is 0. The minimum absolute atomic E-state index is 0.553. The molecule has 23 heavy (non-hydrogen) atoms. The Balaban J connectivity index is 1.89. The van der Waals surface area contributed by atoms with Gasteiger partial charge in [-0.25, -0.2) is 0 Å². The molecule has 3 nitrogen and oxygen atoms in total. The minimum atomic E-state index is 0.553. The average Bonchev–Trinajstić information content (AvgIpc) is 2.87. The molecule has 0 spiro atoms. The van der Waals surface area contributed by atoms with Gasteiger partial charge in [-0.3, -0.25) is 9.80 Å². The fourth-order valence-corrected chi connectivity index (χ4v) is 5.03. The molecule has 2 aliphatic heterocycles. The van der Waals surface area contributed by atoms with E-state index in [2.05, 4.69) is 66.3 Å². The van der Waals surface area contributed by atoms with E-state index in [9.17, 15) is 0 Å². The van der Waals surface area contributed by atoms with Gasteiger partial charge in [0.25, 0.3) is 0 Å². The molecule has 0 radical (unpaired) electrons. The van der Waals surface area contributed by atoms with Crippen molar-refractivity contribution in [2.24, 2.45) is 0 Å². The normalized spacial score (nSPS) is 25.8. The summed E-state index contributed by atoms with van der Waals surface area (Å²) in [6.07, 6.45) is 1.27. The third-order valence-electron chi connectivity index (χ3n) is 6.10. The Hall–Kier alpha value is -1.32. The number of hydrogen-bond acceptors (Lipinski definition) is 2. The van der Waals surface area contributed by atoms with Crippen molar-refractivity contribution in [3.05, 3.63) is 35.5 Å². The van der Waals surface area contributed by atoms with E-state index < -0.39 is 0 Å². The maximum absolute atomic E-state index is 2.75. The summed E-state index contributed by atoms with van der Waals surface area (Å²) in [5.41, 5.74) is 4.50. The van der Waals surface area contributed by atoms with Crippen LogP contribution in [0.25, 0.3) is 10.9 Å². The quantitative estimate of drug-likeness (QED) is 0.835. The molecule has 1 aromatic carbocycles. The van der Waals surface area contributed by atoms with E-state index in [1.807, 2.05) is 0 Å². The number of nitrogens with zero attached hydrogens (tertiary/aromatic N) is 3. The number of benzene rings is 1. The van der Waals surface area contributed by atoms with Crippen molar-refractivity contribution >= 4 is 10.9 Å².